The zero-order chi connectivity index (χ0) is 25.2. The van der Waals surface area contributed by atoms with Crippen LogP contribution in [-0.2, 0) is 19.7 Å². The normalized spacial score (nSPS) is 19.9. The molecule has 2 heterocycles. The second-order valence-corrected chi connectivity index (χ2v) is 10.6. The van der Waals surface area contributed by atoms with Crippen LogP contribution < -0.4 is 0 Å². The van der Waals surface area contributed by atoms with Crippen LogP contribution in [0, 0.1) is 0 Å². The molecule has 3 amide bonds. The van der Waals surface area contributed by atoms with Gasteiger partial charge in [-0.1, -0.05) is 54.1 Å². The number of carbonyl (C=O) groups is 3. The molecule has 2 fully saturated rings. The Morgan fingerprint density at radius 3 is 2.29 bits per heavy atom. The van der Waals surface area contributed by atoms with Crippen LogP contribution in [-0.4, -0.2) is 53.2 Å². The number of rotatable bonds is 4. The predicted molar refractivity (Wildman–Crippen MR) is 132 cm³/mol. The van der Waals surface area contributed by atoms with Gasteiger partial charge in [0.05, 0.1) is 0 Å². The van der Waals surface area contributed by atoms with Gasteiger partial charge in [-0.3, -0.25) is 4.79 Å². The molecule has 0 spiro atoms. The Kier molecular flexibility index (Phi) is 7.08. The minimum atomic E-state index is -0.624. The molecule has 186 valence electrons. The summed E-state index contributed by atoms with van der Waals surface area (Å²) in [5.41, 5.74) is 0.680. The molecule has 0 unspecified atom stereocenters. The monoisotopic (exact) mass is 498 g/mol. The number of amides is 3. The van der Waals surface area contributed by atoms with E-state index in [0.29, 0.717) is 31.0 Å². The second kappa shape index (κ2) is 9.90. The van der Waals surface area contributed by atoms with Crippen molar-refractivity contribution in [3.8, 4) is 0 Å². The van der Waals surface area contributed by atoms with Gasteiger partial charge in [0.25, 0.3) is 0 Å². The fourth-order valence-electron chi connectivity index (χ4n) is 4.81. The van der Waals surface area contributed by atoms with Crippen molar-refractivity contribution >= 4 is 29.7 Å². The number of carbonyl (C=O) groups excluding carboxylic acids is 3. The van der Waals surface area contributed by atoms with Gasteiger partial charge in [-0.05, 0) is 56.9 Å². The van der Waals surface area contributed by atoms with E-state index in [1.54, 1.807) is 17.0 Å². The Hall–Kier alpha value is -3.06. The Bertz CT molecular complexity index is 1070. The molecule has 7 nitrogen and oxygen atoms in total. The largest absolute Gasteiger partial charge is 0.446 e. The van der Waals surface area contributed by atoms with E-state index in [0.717, 1.165) is 11.1 Å². The number of imide groups is 1. The van der Waals surface area contributed by atoms with Gasteiger partial charge in [-0.15, -0.1) is 0 Å². The summed E-state index contributed by atoms with van der Waals surface area (Å²) in [5.74, 6) is -0.290. The van der Waals surface area contributed by atoms with Gasteiger partial charge in [0.15, 0.2) is 0 Å². The molecule has 2 saturated heterocycles. The molecule has 2 aromatic carbocycles. The summed E-state index contributed by atoms with van der Waals surface area (Å²) in [7, 11) is 0. The van der Waals surface area contributed by atoms with E-state index in [1.807, 2.05) is 63.2 Å². The minimum Gasteiger partial charge on any atom is -0.446 e. The predicted octanol–water partition coefficient (Wildman–Crippen LogP) is 5.72. The quantitative estimate of drug-likeness (QED) is 0.539. The minimum absolute atomic E-state index is 0.120. The van der Waals surface area contributed by atoms with Gasteiger partial charge in [0.2, 0.25) is 5.91 Å². The zero-order valence-electron chi connectivity index (χ0n) is 20.3. The SMILES string of the molecule is CC(C)(C)OC(=O)N1CCC(CC(=O)N2C(=O)OC[C@@H]2c2ccccc2)(c2ccc(Cl)cc2)CC1. The van der Waals surface area contributed by atoms with E-state index in [1.165, 1.54) is 4.90 Å². The highest BCUT2D eigenvalue weighted by Gasteiger charge is 2.45. The molecule has 0 aromatic heterocycles. The molecule has 0 radical (unpaired) electrons. The maximum atomic E-state index is 13.6. The van der Waals surface area contributed by atoms with Crippen LogP contribution in [0.4, 0.5) is 9.59 Å². The van der Waals surface area contributed by atoms with Crippen molar-refractivity contribution in [1.29, 1.82) is 0 Å². The van der Waals surface area contributed by atoms with Crippen molar-refractivity contribution in [3.05, 3.63) is 70.7 Å². The second-order valence-electron chi connectivity index (χ2n) is 10.2. The smallest absolute Gasteiger partial charge is 0.417 e. The molecule has 1 atom stereocenters. The van der Waals surface area contributed by atoms with Crippen molar-refractivity contribution in [3.63, 3.8) is 0 Å². The van der Waals surface area contributed by atoms with Crippen molar-refractivity contribution in [1.82, 2.24) is 9.80 Å². The van der Waals surface area contributed by atoms with Crippen molar-refractivity contribution in [2.75, 3.05) is 19.7 Å². The fourth-order valence-corrected chi connectivity index (χ4v) is 4.93. The maximum absolute atomic E-state index is 13.6. The highest BCUT2D eigenvalue weighted by atomic mass is 35.5. The summed E-state index contributed by atoms with van der Waals surface area (Å²) in [6, 6.07) is 16.4. The number of nitrogens with zero attached hydrogens (tertiary/aromatic N) is 2. The molecule has 8 heteroatoms. The summed E-state index contributed by atoms with van der Waals surface area (Å²) in [4.78, 5) is 41.8. The van der Waals surface area contributed by atoms with Gasteiger partial charge >= 0.3 is 12.2 Å². The number of likely N-dealkylation sites (tertiary alicyclic amines) is 1. The van der Waals surface area contributed by atoms with E-state index < -0.39 is 23.2 Å². The molecular weight excluding hydrogens is 468 g/mol. The lowest BCUT2D eigenvalue weighted by molar-refractivity contribution is -0.131. The third-order valence-electron chi connectivity index (χ3n) is 6.64. The number of hydrogen-bond acceptors (Lipinski definition) is 5. The standard InChI is InChI=1S/C27H31ClN2O5/c1-26(2,3)35-24(32)29-15-13-27(14-16-29,20-9-11-21(28)12-10-20)17-23(31)30-22(18-34-25(30)33)19-7-5-4-6-8-19/h4-12,22H,13-18H2,1-3H3/t22-/m1/s1. The lowest BCUT2D eigenvalue weighted by atomic mass is 9.70. The summed E-state index contributed by atoms with van der Waals surface area (Å²) in [6.07, 6.45) is 0.244. The zero-order valence-corrected chi connectivity index (χ0v) is 21.1. The summed E-state index contributed by atoms with van der Waals surface area (Å²) in [6.45, 7) is 6.53. The Morgan fingerprint density at radius 2 is 1.69 bits per heavy atom. The number of hydrogen-bond donors (Lipinski definition) is 0. The van der Waals surface area contributed by atoms with E-state index in [-0.39, 0.29) is 25.0 Å². The average Bonchev–Trinajstić information content (AvgIpc) is 3.21. The molecule has 0 aliphatic carbocycles. The van der Waals surface area contributed by atoms with Crippen LogP contribution in [0.25, 0.3) is 0 Å². The van der Waals surface area contributed by atoms with Crippen molar-refractivity contribution in [2.45, 2.75) is 57.1 Å². The van der Waals surface area contributed by atoms with Crippen LogP contribution in [0.5, 0.6) is 0 Å². The first-order valence-corrected chi connectivity index (χ1v) is 12.2. The topological polar surface area (TPSA) is 76.2 Å². The number of cyclic esters (lactones) is 1. The molecule has 0 bridgehead atoms. The first-order chi connectivity index (χ1) is 16.6. The van der Waals surface area contributed by atoms with E-state index in [9.17, 15) is 14.4 Å². The lowest BCUT2D eigenvalue weighted by Crippen LogP contribution is -2.49. The third kappa shape index (κ3) is 5.61. The maximum Gasteiger partial charge on any atom is 0.417 e. The van der Waals surface area contributed by atoms with Gasteiger partial charge in [-0.2, -0.15) is 0 Å². The van der Waals surface area contributed by atoms with Gasteiger partial charge in [0, 0.05) is 29.9 Å². The number of piperidine rings is 1. The van der Waals surface area contributed by atoms with Crippen LogP contribution in [0.15, 0.2) is 54.6 Å². The van der Waals surface area contributed by atoms with Crippen molar-refractivity contribution < 1.29 is 23.9 Å². The average molecular weight is 499 g/mol. The summed E-state index contributed by atoms with van der Waals surface area (Å²) < 4.78 is 10.8. The van der Waals surface area contributed by atoms with Gasteiger partial charge < -0.3 is 14.4 Å². The van der Waals surface area contributed by atoms with E-state index in [4.69, 9.17) is 21.1 Å². The van der Waals surface area contributed by atoms with Crippen molar-refractivity contribution in [2.24, 2.45) is 0 Å². The summed E-state index contributed by atoms with van der Waals surface area (Å²) in [5, 5.41) is 0.605. The third-order valence-corrected chi connectivity index (χ3v) is 6.90. The Balaban J connectivity index is 1.57. The fraction of sp³-hybridized carbons (Fsp3) is 0.444. The Labute approximate surface area is 210 Å². The lowest BCUT2D eigenvalue weighted by Gasteiger charge is -2.42. The van der Waals surface area contributed by atoms with Crippen LogP contribution in [0.2, 0.25) is 5.02 Å². The van der Waals surface area contributed by atoms with Crippen LogP contribution in [0.3, 0.4) is 0 Å². The number of halogens is 1. The van der Waals surface area contributed by atoms with Gasteiger partial charge in [0.1, 0.15) is 18.2 Å². The number of ether oxygens (including phenoxy) is 2. The number of benzene rings is 2. The molecule has 0 N–H and O–H groups in total. The van der Waals surface area contributed by atoms with Crippen LogP contribution >= 0.6 is 11.6 Å². The molecule has 2 aromatic rings. The van der Waals surface area contributed by atoms with E-state index >= 15 is 0 Å². The van der Waals surface area contributed by atoms with Gasteiger partial charge in [-0.25, -0.2) is 14.5 Å². The van der Waals surface area contributed by atoms with E-state index in [2.05, 4.69) is 0 Å². The molecule has 0 saturated carbocycles. The highest BCUT2D eigenvalue weighted by molar-refractivity contribution is 6.30. The molecule has 35 heavy (non-hydrogen) atoms. The highest BCUT2D eigenvalue weighted by Crippen LogP contribution is 2.41. The Morgan fingerprint density at radius 1 is 1.06 bits per heavy atom. The van der Waals surface area contributed by atoms with Crippen LogP contribution in [0.1, 0.15) is 57.2 Å². The molecule has 4 rings (SSSR count). The molecule has 2 aliphatic rings. The first-order valence-electron chi connectivity index (χ1n) is 11.9. The summed E-state index contributed by atoms with van der Waals surface area (Å²) >= 11 is 6.13. The molecular formula is C27H31ClN2O5. The molecule has 2 aliphatic heterocycles. The first kappa shape index (κ1) is 25.0.